The molecule has 0 fully saturated rings. The lowest BCUT2D eigenvalue weighted by Gasteiger charge is -2.40. The number of rotatable bonds is 4. The van der Waals surface area contributed by atoms with Crippen LogP contribution < -0.4 is 0 Å². The molecule has 2 heterocycles. The SMILES string of the molecule is c1ccc(-c2ccc(-c3nc(-c4ccccc4)nc(-c4ccc5c(c4)Sc4c(ccc6ccccc46)C54c5ccccc5-c5ccccc54)n3)cc2)cc1. The Morgan fingerprint density at radius 1 is 0.352 bits per heavy atom. The lowest BCUT2D eigenvalue weighted by molar-refractivity contribution is 0.726. The molecule has 3 nitrogen and oxygen atoms in total. The average molecular weight is 706 g/mol. The van der Waals surface area contributed by atoms with Crippen molar-refractivity contribution in [3.05, 3.63) is 210 Å². The fraction of sp³-hybridized carbons (Fsp3) is 0.0200. The smallest absolute Gasteiger partial charge is 0.164 e. The standard InChI is InChI=1S/C50H31N3S/c1-3-13-32(14-4-1)33-23-25-36(26-24-33)48-51-47(35-16-5-2-6-17-35)52-49(53-48)37-28-29-43-45(31-37)54-46-38-18-8-7-15-34(38)27-30-44(46)50(43)41-21-11-9-19-39(41)40-20-10-12-22-42(40)50/h1-31H. The Balaban J connectivity index is 1.12. The molecule has 1 aromatic heterocycles. The van der Waals surface area contributed by atoms with E-state index in [1.807, 2.05) is 36.0 Å². The van der Waals surface area contributed by atoms with E-state index >= 15 is 0 Å². The van der Waals surface area contributed by atoms with Gasteiger partial charge in [-0.15, -0.1) is 0 Å². The number of hydrogen-bond donors (Lipinski definition) is 0. The quantitative estimate of drug-likeness (QED) is 0.183. The van der Waals surface area contributed by atoms with Crippen LogP contribution in [0.1, 0.15) is 22.3 Å². The van der Waals surface area contributed by atoms with E-state index in [4.69, 9.17) is 15.0 Å². The maximum absolute atomic E-state index is 5.17. The minimum absolute atomic E-state index is 0.467. The van der Waals surface area contributed by atoms with Crippen molar-refractivity contribution in [1.29, 1.82) is 0 Å². The second-order valence-electron chi connectivity index (χ2n) is 13.9. The minimum atomic E-state index is -0.467. The number of nitrogens with zero attached hydrogens (tertiary/aromatic N) is 3. The molecule has 252 valence electrons. The largest absolute Gasteiger partial charge is 0.208 e. The van der Waals surface area contributed by atoms with Crippen LogP contribution in [0.5, 0.6) is 0 Å². The Hall–Kier alpha value is -6.62. The van der Waals surface area contributed by atoms with Crippen molar-refractivity contribution in [1.82, 2.24) is 15.0 Å². The summed E-state index contributed by atoms with van der Waals surface area (Å²) in [6, 6.07) is 67.3. The second-order valence-corrected chi connectivity index (χ2v) is 15.0. The number of fused-ring (bicyclic) bond motifs is 11. The number of hydrogen-bond acceptors (Lipinski definition) is 4. The van der Waals surface area contributed by atoms with E-state index in [0.717, 1.165) is 22.3 Å². The highest BCUT2D eigenvalue weighted by Crippen LogP contribution is 2.63. The van der Waals surface area contributed by atoms with Gasteiger partial charge in [0.05, 0.1) is 5.41 Å². The molecule has 1 spiro atoms. The van der Waals surface area contributed by atoms with Crippen LogP contribution >= 0.6 is 11.8 Å². The van der Waals surface area contributed by atoms with Crippen molar-refractivity contribution in [3.63, 3.8) is 0 Å². The first-order chi connectivity index (χ1) is 26.8. The summed E-state index contributed by atoms with van der Waals surface area (Å²) < 4.78 is 0. The van der Waals surface area contributed by atoms with Gasteiger partial charge in [-0.25, -0.2) is 15.0 Å². The first-order valence-electron chi connectivity index (χ1n) is 18.3. The molecule has 8 aromatic carbocycles. The molecule has 1 aliphatic heterocycles. The molecular formula is C50H31N3S. The van der Waals surface area contributed by atoms with Gasteiger partial charge in [0.1, 0.15) is 0 Å². The van der Waals surface area contributed by atoms with E-state index in [1.165, 1.54) is 59.5 Å². The molecule has 54 heavy (non-hydrogen) atoms. The van der Waals surface area contributed by atoms with Crippen LogP contribution in [-0.4, -0.2) is 15.0 Å². The maximum atomic E-state index is 5.17. The molecule has 0 N–H and O–H groups in total. The van der Waals surface area contributed by atoms with Crippen LogP contribution in [0, 0.1) is 0 Å². The van der Waals surface area contributed by atoms with E-state index in [2.05, 4.69) is 164 Å². The van der Waals surface area contributed by atoms with E-state index in [-0.39, 0.29) is 0 Å². The summed E-state index contributed by atoms with van der Waals surface area (Å²) in [5, 5.41) is 2.51. The fourth-order valence-corrected chi connectivity index (χ4v) is 9.93. The molecule has 0 unspecified atom stereocenters. The Morgan fingerprint density at radius 2 is 0.833 bits per heavy atom. The third-order valence-electron chi connectivity index (χ3n) is 11.0. The molecule has 0 bridgehead atoms. The highest BCUT2D eigenvalue weighted by molar-refractivity contribution is 7.99. The van der Waals surface area contributed by atoms with Gasteiger partial charge in [0.25, 0.3) is 0 Å². The van der Waals surface area contributed by atoms with E-state index < -0.39 is 5.41 Å². The predicted molar refractivity (Wildman–Crippen MR) is 221 cm³/mol. The van der Waals surface area contributed by atoms with Gasteiger partial charge < -0.3 is 0 Å². The third kappa shape index (κ3) is 4.67. The van der Waals surface area contributed by atoms with Crippen LogP contribution in [0.2, 0.25) is 0 Å². The van der Waals surface area contributed by atoms with Gasteiger partial charge in [0, 0.05) is 26.5 Å². The van der Waals surface area contributed by atoms with Crippen LogP contribution in [-0.2, 0) is 5.41 Å². The van der Waals surface area contributed by atoms with Crippen LogP contribution in [0.3, 0.4) is 0 Å². The van der Waals surface area contributed by atoms with Crippen molar-refractivity contribution >= 4 is 22.5 Å². The number of benzene rings is 8. The lowest BCUT2D eigenvalue weighted by atomic mass is 9.67. The first kappa shape index (κ1) is 31.0. The summed E-state index contributed by atoms with van der Waals surface area (Å²) in [5.74, 6) is 1.95. The van der Waals surface area contributed by atoms with Crippen molar-refractivity contribution in [2.24, 2.45) is 0 Å². The lowest BCUT2D eigenvalue weighted by Crippen LogP contribution is -2.32. The Bertz CT molecular complexity index is 2860. The molecule has 0 radical (unpaired) electrons. The van der Waals surface area contributed by atoms with Gasteiger partial charge in [0.15, 0.2) is 17.5 Å². The van der Waals surface area contributed by atoms with Gasteiger partial charge in [-0.3, -0.25) is 0 Å². The first-order valence-corrected chi connectivity index (χ1v) is 19.1. The molecular weight excluding hydrogens is 675 g/mol. The van der Waals surface area contributed by atoms with Gasteiger partial charge in [-0.1, -0.05) is 194 Å². The monoisotopic (exact) mass is 705 g/mol. The van der Waals surface area contributed by atoms with Crippen molar-refractivity contribution in [3.8, 4) is 56.4 Å². The van der Waals surface area contributed by atoms with Gasteiger partial charge >= 0.3 is 0 Å². The van der Waals surface area contributed by atoms with Crippen LogP contribution in [0.25, 0.3) is 67.2 Å². The highest BCUT2D eigenvalue weighted by Gasteiger charge is 2.50. The zero-order chi connectivity index (χ0) is 35.6. The third-order valence-corrected chi connectivity index (χ3v) is 12.2. The highest BCUT2D eigenvalue weighted by atomic mass is 32.2. The Morgan fingerprint density at radius 3 is 1.52 bits per heavy atom. The molecule has 0 saturated carbocycles. The molecule has 1 aliphatic carbocycles. The summed E-state index contributed by atoms with van der Waals surface area (Å²) in [6.45, 7) is 0. The van der Waals surface area contributed by atoms with Crippen molar-refractivity contribution in [2.75, 3.05) is 0 Å². The normalized spacial score (nSPS) is 13.3. The molecule has 2 aliphatic rings. The van der Waals surface area contributed by atoms with Gasteiger partial charge in [0.2, 0.25) is 0 Å². The molecule has 0 saturated heterocycles. The molecule has 4 heteroatoms. The second kappa shape index (κ2) is 12.2. The van der Waals surface area contributed by atoms with Crippen LogP contribution in [0.15, 0.2) is 198 Å². The Labute approximate surface area is 318 Å². The molecule has 9 aromatic rings. The predicted octanol–water partition coefficient (Wildman–Crippen LogP) is 12.5. The fourth-order valence-electron chi connectivity index (χ4n) is 8.57. The molecule has 0 amide bonds. The zero-order valence-corrected chi connectivity index (χ0v) is 30.0. The average Bonchev–Trinajstić information content (AvgIpc) is 3.54. The molecule has 0 atom stereocenters. The number of aromatic nitrogens is 3. The van der Waals surface area contributed by atoms with E-state index in [0.29, 0.717) is 17.5 Å². The van der Waals surface area contributed by atoms with Crippen LogP contribution in [0.4, 0.5) is 0 Å². The maximum Gasteiger partial charge on any atom is 0.164 e. The topological polar surface area (TPSA) is 38.7 Å². The molecule has 11 rings (SSSR count). The zero-order valence-electron chi connectivity index (χ0n) is 29.1. The summed E-state index contributed by atoms with van der Waals surface area (Å²) in [5.41, 5.74) is 12.6. The Kier molecular flexibility index (Phi) is 7.01. The van der Waals surface area contributed by atoms with Crippen molar-refractivity contribution < 1.29 is 0 Å². The summed E-state index contributed by atoms with van der Waals surface area (Å²) in [4.78, 5) is 17.8. The van der Waals surface area contributed by atoms with E-state index in [9.17, 15) is 0 Å². The van der Waals surface area contributed by atoms with E-state index in [1.54, 1.807) is 0 Å². The summed E-state index contributed by atoms with van der Waals surface area (Å²) in [7, 11) is 0. The summed E-state index contributed by atoms with van der Waals surface area (Å²) >= 11 is 1.86. The van der Waals surface area contributed by atoms with Gasteiger partial charge in [-0.05, 0) is 61.3 Å². The van der Waals surface area contributed by atoms with Crippen molar-refractivity contribution in [2.45, 2.75) is 15.2 Å². The summed E-state index contributed by atoms with van der Waals surface area (Å²) in [6.07, 6.45) is 0. The van der Waals surface area contributed by atoms with Gasteiger partial charge in [-0.2, -0.15) is 0 Å². The minimum Gasteiger partial charge on any atom is -0.208 e.